The third-order valence-corrected chi connectivity index (χ3v) is 10.1. The van der Waals surface area contributed by atoms with Crippen molar-refractivity contribution < 1.29 is 31.2 Å². The largest absolute Gasteiger partial charge is 0.454 e. The van der Waals surface area contributed by atoms with Crippen molar-refractivity contribution in [2.75, 3.05) is 30.4 Å². The zero-order valence-corrected chi connectivity index (χ0v) is 19.1. The Morgan fingerprint density at radius 2 is 1.77 bits per heavy atom. The SMILES string of the molecule is CCCS(=O)(=O)N1CCCC1C(=O)OCC(=O)N(C1CCCC1)C1CCS(=O)(=O)C1. The number of sulfone groups is 1. The zero-order chi connectivity index (χ0) is 21.9. The Morgan fingerprint density at radius 3 is 2.37 bits per heavy atom. The first kappa shape index (κ1) is 23.5. The molecule has 0 aromatic heterocycles. The molecule has 2 unspecified atom stereocenters. The molecule has 2 aliphatic heterocycles. The molecule has 0 spiro atoms. The number of nitrogens with zero attached hydrogens (tertiary/aromatic N) is 2. The quantitative estimate of drug-likeness (QED) is 0.485. The number of carbonyl (C=O) groups is 2. The number of hydrogen-bond acceptors (Lipinski definition) is 7. The molecule has 3 fully saturated rings. The highest BCUT2D eigenvalue weighted by Gasteiger charge is 2.41. The molecule has 172 valence electrons. The first-order valence-electron chi connectivity index (χ1n) is 10.8. The Balaban J connectivity index is 1.64. The van der Waals surface area contributed by atoms with E-state index in [1.165, 1.54) is 4.31 Å². The standard InChI is InChI=1S/C19H32N2O7S2/c1-2-11-30(26,27)20-10-5-8-17(20)19(23)28-13-18(22)21(15-6-3-4-7-15)16-9-12-29(24,25)14-16/h15-17H,2-14H2,1H3. The number of carbonyl (C=O) groups excluding carboxylic acids is 2. The van der Waals surface area contributed by atoms with Gasteiger partial charge in [0.2, 0.25) is 10.0 Å². The molecule has 1 aliphatic carbocycles. The van der Waals surface area contributed by atoms with Crippen molar-refractivity contribution in [2.45, 2.75) is 76.4 Å². The van der Waals surface area contributed by atoms with Crippen LogP contribution in [0.2, 0.25) is 0 Å². The fraction of sp³-hybridized carbons (Fsp3) is 0.895. The minimum Gasteiger partial charge on any atom is -0.454 e. The van der Waals surface area contributed by atoms with Crippen LogP contribution in [0.1, 0.15) is 58.3 Å². The Hall–Kier alpha value is -1.20. The van der Waals surface area contributed by atoms with Gasteiger partial charge < -0.3 is 9.64 Å². The molecular formula is C19H32N2O7S2. The van der Waals surface area contributed by atoms with Gasteiger partial charge >= 0.3 is 5.97 Å². The topological polar surface area (TPSA) is 118 Å². The van der Waals surface area contributed by atoms with Gasteiger partial charge in [-0.15, -0.1) is 0 Å². The number of amides is 1. The van der Waals surface area contributed by atoms with Gasteiger partial charge in [0.1, 0.15) is 6.04 Å². The van der Waals surface area contributed by atoms with E-state index >= 15 is 0 Å². The molecule has 30 heavy (non-hydrogen) atoms. The molecule has 3 aliphatic rings. The predicted molar refractivity (Wildman–Crippen MR) is 111 cm³/mol. The van der Waals surface area contributed by atoms with Crippen molar-refractivity contribution in [3.8, 4) is 0 Å². The van der Waals surface area contributed by atoms with E-state index in [1.54, 1.807) is 11.8 Å². The summed E-state index contributed by atoms with van der Waals surface area (Å²) in [5.41, 5.74) is 0. The summed E-state index contributed by atoms with van der Waals surface area (Å²) in [5, 5.41) is 0. The third-order valence-electron chi connectivity index (χ3n) is 6.24. The van der Waals surface area contributed by atoms with E-state index in [2.05, 4.69) is 0 Å². The molecule has 2 atom stereocenters. The van der Waals surface area contributed by atoms with Crippen LogP contribution in [0.4, 0.5) is 0 Å². The molecule has 0 radical (unpaired) electrons. The van der Waals surface area contributed by atoms with Crippen LogP contribution < -0.4 is 0 Å². The van der Waals surface area contributed by atoms with Crippen molar-refractivity contribution in [3.05, 3.63) is 0 Å². The van der Waals surface area contributed by atoms with E-state index in [1.807, 2.05) is 0 Å². The maximum Gasteiger partial charge on any atom is 0.324 e. The fourth-order valence-electron chi connectivity index (χ4n) is 4.87. The summed E-state index contributed by atoms with van der Waals surface area (Å²) in [6.07, 6.45) is 5.43. The fourth-order valence-corrected chi connectivity index (χ4v) is 8.32. The summed E-state index contributed by atoms with van der Waals surface area (Å²) in [5.74, 6) is -1.10. The minimum atomic E-state index is -3.53. The molecule has 9 nitrogen and oxygen atoms in total. The van der Waals surface area contributed by atoms with Crippen molar-refractivity contribution in [1.29, 1.82) is 0 Å². The highest BCUT2D eigenvalue weighted by atomic mass is 32.2. The van der Waals surface area contributed by atoms with Crippen LogP contribution in [0.15, 0.2) is 0 Å². The molecule has 0 bridgehead atoms. The number of esters is 1. The summed E-state index contributed by atoms with van der Waals surface area (Å²) in [7, 11) is -6.68. The van der Waals surface area contributed by atoms with E-state index in [-0.39, 0.29) is 35.9 Å². The van der Waals surface area contributed by atoms with Gasteiger partial charge in [0.25, 0.3) is 5.91 Å². The number of sulfonamides is 1. The summed E-state index contributed by atoms with van der Waals surface area (Å²) in [6.45, 7) is 1.56. The van der Waals surface area contributed by atoms with Crippen LogP contribution in [0.25, 0.3) is 0 Å². The van der Waals surface area contributed by atoms with Gasteiger partial charge in [0, 0.05) is 18.6 Å². The molecule has 0 aromatic rings. The second-order valence-electron chi connectivity index (χ2n) is 8.49. The van der Waals surface area contributed by atoms with E-state index in [0.717, 1.165) is 25.7 Å². The second kappa shape index (κ2) is 9.52. The smallest absolute Gasteiger partial charge is 0.324 e. The normalized spacial score (nSPS) is 27.4. The Morgan fingerprint density at radius 1 is 1.07 bits per heavy atom. The Kier molecular flexibility index (Phi) is 7.44. The van der Waals surface area contributed by atoms with Crippen LogP contribution >= 0.6 is 0 Å². The molecular weight excluding hydrogens is 432 g/mol. The molecule has 0 aromatic carbocycles. The van der Waals surface area contributed by atoms with Gasteiger partial charge in [-0.25, -0.2) is 16.8 Å². The lowest BCUT2D eigenvalue weighted by molar-refractivity contribution is -0.156. The maximum atomic E-state index is 13.0. The average molecular weight is 465 g/mol. The monoisotopic (exact) mass is 464 g/mol. The van der Waals surface area contributed by atoms with Crippen molar-refractivity contribution in [1.82, 2.24) is 9.21 Å². The molecule has 3 rings (SSSR count). The summed E-state index contributed by atoms with van der Waals surface area (Å²) < 4.78 is 55.1. The van der Waals surface area contributed by atoms with Gasteiger partial charge in [-0.05, 0) is 38.5 Å². The molecule has 1 amide bonds. The van der Waals surface area contributed by atoms with Gasteiger partial charge in [0.15, 0.2) is 16.4 Å². The number of ether oxygens (including phenoxy) is 1. The van der Waals surface area contributed by atoms with E-state index < -0.39 is 44.4 Å². The summed E-state index contributed by atoms with van der Waals surface area (Å²) >= 11 is 0. The maximum absolute atomic E-state index is 13.0. The highest BCUT2D eigenvalue weighted by Crippen LogP contribution is 2.29. The van der Waals surface area contributed by atoms with Crippen molar-refractivity contribution in [2.24, 2.45) is 0 Å². The molecule has 2 saturated heterocycles. The number of rotatable bonds is 8. The van der Waals surface area contributed by atoms with Crippen LogP contribution in [-0.2, 0) is 34.2 Å². The molecule has 2 heterocycles. The van der Waals surface area contributed by atoms with Crippen molar-refractivity contribution in [3.63, 3.8) is 0 Å². The van der Waals surface area contributed by atoms with Gasteiger partial charge in [-0.2, -0.15) is 4.31 Å². The number of hydrogen-bond donors (Lipinski definition) is 0. The Bertz CT molecular complexity index is 850. The van der Waals surface area contributed by atoms with Crippen LogP contribution in [0.5, 0.6) is 0 Å². The first-order chi connectivity index (χ1) is 14.1. The second-order valence-corrected chi connectivity index (χ2v) is 12.8. The van der Waals surface area contributed by atoms with Crippen LogP contribution in [-0.4, -0.2) is 86.5 Å². The van der Waals surface area contributed by atoms with E-state index in [0.29, 0.717) is 25.7 Å². The minimum absolute atomic E-state index is 0.0255. The lowest BCUT2D eigenvalue weighted by atomic mass is 10.1. The third kappa shape index (κ3) is 5.34. The molecule has 1 saturated carbocycles. The lowest BCUT2D eigenvalue weighted by Crippen LogP contribution is -2.49. The Labute approximate surface area is 179 Å². The van der Waals surface area contributed by atoms with Crippen molar-refractivity contribution >= 4 is 31.7 Å². The predicted octanol–water partition coefficient (Wildman–Crippen LogP) is 0.692. The van der Waals surface area contributed by atoms with E-state index in [9.17, 15) is 26.4 Å². The van der Waals surface area contributed by atoms with Crippen LogP contribution in [0, 0.1) is 0 Å². The van der Waals surface area contributed by atoms with Gasteiger partial charge in [-0.3, -0.25) is 9.59 Å². The molecule has 11 heteroatoms. The average Bonchev–Trinajstić information content (AvgIpc) is 3.41. The highest BCUT2D eigenvalue weighted by molar-refractivity contribution is 7.91. The van der Waals surface area contributed by atoms with Gasteiger partial charge in [0.05, 0.1) is 17.3 Å². The first-order valence-corrected chi connectivity index (χ1v) is 14.3. The molecule has 0 N–H and O–H groups in total. The van der Waals surface area contributed by atoms with E-state index in [4.69, 9.17) is 4.74 Å². The summed E-state index contributed by atoms with van der Waals surface area (Å²) in [6, 6.07) is -1.29. The van der Waals surface area contributed by atoms with Gasteiger partial charge in [-0.1, -0.05) is 19.8 Å². The lowest BCUT2D eigenvalue weighted by Gasteiger charge is -2.34. The summed E-state index contributed by atoms with van der Waals surface area (Å²) in [4.78, 5) is 27.2. The zero-order valence-electron chi connectivity index (χ0n) is 17.5. The van der Waals surface area contributed by atoms with Crippen LogP contribution in [0.3, 0.4) is 0 Å².